The van der Waals surface area contributed by atoms with Gasteiger partial charge in [0.25, 0.3) is 5.91 Å². The minimum absolute atomic E-state index is 0. The lowest BCUT2D eigenvalue weighted by Gasteiger charge is -2.28. The molecule has 164 valence electrons. The van der Waals surface area contributed by atoms with Gasteiger partial charge in [0, 0.05) is 16.6 Å². The maximum Gasteiger partial charge on any atom is 0.251 e. The normalized spacial score (nSPS) is 20.8. The number of carbonyl (C=O) groups is 3. The fourth-order valence-corrected chi connectivity index (χ4v) is 3.84. The summed E-state index contributed by atoms with van der Waals surface area (Å²) in [5, 5.41) is 2.86. The smallest absolute Gasteiger partial charge is 0.251 e. The zero-order valence-electron chi connectivity index (χ0n) is 15.9. The van der Waals surface area contributed by atoms with Crippen molar-refractivity contribution in [1.29, 1.82) is 0 Å². The highest BCUT2D eigenvalue weighted by Gasteiger charge is 2.48. The third kappa shape index (κ3) is 6.47. The van der Waals surface area contributed by atoms with E-state index in [4.69, 9.17) is 4.74 Å². The van der Waals surface area contributed by atoms with E-state index in [0.29, 0.717) is 24.9 Å². The second kappa shape index (κ2) is 12.0. The Morgan fingerprint density at radius 3 is 2.45 bits per heavy atom. The lowest BCUT2D eigenvalue weighted by Crippen LogP contribution is -2.52. The molecule has 2 heterocycles. The number of halogens is 1. The number of likely N-dealkylation sites (tertiary alicyclic amines) is 1. The number of ketones is 1. The molecule has 29 heavy (non-hydrogen) atoms. The number of ether oxygens (including phenoxy) is 1. The van der Waals surface area contributed by atoms with Crippen LogP contribution in [0.1, 0.15) is 44.5 Å². The fourth-order valence-electron chi connectivity index (χ4n) is 3.58. The number of nitrogens with zero attached hydrogens (tertiary/aromatic N) is 1. The molecule has 2 aliphatic rings. The van der Waals surface area contributed by atoms with Crippen LogP contribution in [0.15, 0.2) is 28.7 Å². The molecule has 0 bridgehead atoms. The Morgan fingerprint density at radius 1 is 1.24 bits per heavy atom. The summed E-state index contributed by atoms with van der Waals surface area (Å²) < 4.78 is 6.34. The third-order valence-corrected chi connectivity index (χ3v) is 5.34. The molecule has 0 aromatic heterocycles. The number of nitrogens with one attached hydrogen (secondary N) is 1. The molecule has 6 nitrogen and oxygen atoms in total. The number of Topliss-reactive ketones (excluding diaryl/α,β-unsaturated/α-hetero) is 1. The van der Waals surface area contributed by atoms with Crippen molar-refractivity contribution in [1.82, 2.24) is 10.2 Å². The van der Waals surface area contributed by atoms with Crippen molar-refractivity contribution in [2.24, 2.45) is 5.92 Å². The molecule has 9 heteroatoms. The molecule has 0 aliphatic carbocycles. The number of rotatable bonds is 5. The van der Waals surface area contributed by atoms with Gasteiger partial charge in [-0.25, -0.2) is 0 Å². The van der Waals surface area contributed by atoms with Crippen LogP contribution in [0.3, 0.4) is 0 Å². The van der Waals surface area contributed by atoms with Gasteiger partial charge in [0.2, 0.25) is 5.91 Å². The molecule has 1 aromatic rings. The van der Waals surface area contributed by atoms with Crippen molar-refractivity contribution >= 4 is 60.5 Å². The first-order valence-corrected chi connectivity index (χ1v) is 9.67. The molecular weight excluding hydrogens is 476 g/mol. The monoisotopic (exact) mass is 506 g/mol. The Morgan fingerprint density at radius 2 is 1.86 bits per heavy atom. The molecular formula is C20H31BrN2O4S2. The number of fused-ring (bicyclic) bond motifs is 1. The van der Waals surface area contributed by atoms with Crippen molar-refractivity contribution in [3.63, 3.8) is 0 Å². The average molecular weight is 508 g/mol. The molecule has 2 fully saturated rings. The van der Waals surface area contributed by atoms with E-state index in [-0.39, 0.29) is 70.6 Å². The molecule has 0 saturated carbocycles. The topological polar surface area (TPSA) is 75.7 Å². The first-order chi connectivity index (χ1) is 12.4. The summed E-state index contributed by atoms with van der Waals surface area (Å²) in [5.41, 5.74) is 0.495. The average Bonchev–Trinajstić information content (AvgIpc) is 3.17. The summed E-state index contributed by atoms with van der Waals surface area (Å²) in [7, 11) is 0. The van der Waals surface area contributed by atoms with Crippen LogP contribution >= 0.6 is 42.9 Å². The first kappa shape index (κ1) is 28.0. The lowest BCUT2D eigenvalue weighted by molar-refractivity contribution is -0.138. The predicted octanol–water partition coefficient (Wildman–Crippen LogP) is 3.02. The first-order valence-electron chi connectivity index (χ1n) is 8.88. The van der Waals surface area contributed by atoms with Crippen LogP contribution in [-0.4, -0.2) is 53.8 Å². The van der Waals surface area contributed by atoms with Gasteiger partial charge in [-0.05, 0) is 43.0 Å². The van der Waals surface area contributed by atoms with Crippen LogP contribution in [0.4, 0.5) is 0 Å². The van der Waals surface area contributed by atoms with E-state index < -0.39 is 12.1 Å². The molecule has 1 aromatic carbocycles. The molecule has 1 N–H and O–H groups in total. The van der Waals surface area contributed by atoms with E-state index >= 15 is 0 Å². The summed E-state index contributed by atoms with van der Waals surface area (Å²) in [4.78, 5) is 39.3. The Labute approximate surface area is 195 Å². The van der Waals surface area contributed by atoms with Crippen LogP contribution < -0.4 is 5.32 Å². The highest BCUT2D eigenvalue weighted by atomic mass is 79.9. The van der Waals surface area contributed by atoms with E-state index in [1.54, 1.807) is 29.2 Å². The van der Waals surface area contributed by atoms with Crippen molar-refractivity contribution in [2.75, 3.05) is 13.2 Å². The minimum atomic E-state index is -0.654. The SMILES string of the molecule is C.CC(C)C[C@H](NC(=O)c1ccc(Br)cc1)C(=O)N1CC[C@H]2OCC(=O)[C@H]21.S.S. The number of benzene rings is 1. The Bertz CT molecular complexity index is 715. The van der Waals surface area contributed by atoms with E-state index in [0.717, 1.165) is 4.47 Å². The molecule has 2 saturated heterocycles. The summed E-state index contributed by atoms with van der Waals surface area (Å²) in [6, 6.07) is 5.83. The van der Waals surface area contributed by atoms with Crippen molar-refractivity contribution in [2.45, 2.75) is 52.3 Å². The van der Waals surface area contributed by atoms with Gasteiger partial charge in [-0.2, -0.15) is 27.0 Å². The number of hydrogen-bond donors (Lipinski definition) is 1. The second-order valence-corrected chi connectivity index (χ2v) is 8.16. The molecule has 0 spiro atoms. The van der Waals surface area contributed by atoms with Crippen LogP contribution in [0.2, 0.25) is 0 Å². The lowest BCUT2D eigenvalue weighted by atomic mass is 10.0. The van der Waals surface area contributed by atoms with Gasteiger partial charge < -0.3 is 15.0 Å². The molecule has 0 radical (unpaired) electrons. The molecule has 3 atom stereocenters. The molecule has 2 aliphatic heterocycles. The second-order valence-electron chi connectivity index (χ2n) is 7.24. The van der Waals surface area contributed by atoms with Gasteiger partial charge in [-0.15, -0.1) is 0 Å². The predicted molar refractivity (Wildman–Crippen MR) is 127 cm³/mol. The van der Waals surface area contributed by atoms with Gasteiger partial charge in [-0.1, -0.05) is 37.2 Å². The largest absolute Gasteiger partial charge is 0.368 e. The standard InChI is InChI=1S/C19H23BrN2O4.CH4.2H2S/c1-11(2)9-14(21-18(24)12-3-5-13(20)6-4-12)19(25)22-8-7-16-17(22)15(23)10-26-16;;;/h3-6,11,14,16-17H,7-10H2,1-2H3,(H,21,24);1H4;2*1H2/t14-,16+,17+;;;/m0.../s1. The fraction of sp³-hybridized carbons (Fsp3) is 0.550. The van der Waals surface area contributed by atoms with Crippen LogP contribution in [-0.2, 0) is 14.3 Å². The van der Waals surface area contributed by atoms with Crippen LogP contribution in [0.25, 0.3) is 0 Å². The van der Waals surface area contributed by atoms with Gasteiger partial charge >= 0.3 is 0 Å². The quantitative estimate of drug-likeness (QED) is 0.665. The Kier molecular flexibility index (Phi) is 11.6. The maximum atomic E-state index is 13.1. The van der Waals surface area contributed by atoms with Gasteiger partial charge in [0.05, 0.1) is 6.10 Å². The van der Waals surface area contributed by atoms with Crippen molar-refractivity contribution in [3.05, 3.63) is 34.3 Å². The molecule has 0 unspecified atom stereocenters. The van der Waals surface area contributed by atoms with E-state index in [2.05, 4.69) is 21.2 Å². The van der Waals surface area contributed by atoms with Crippen molar-refractivity contribution in [3.8, 4) is 0 Å². The summed E-state index contributed by atoms with van der Waals surface area (Å²) in [6.07, 6.45) is 0.981. The highest BCUT2D eigenvalue weighted by molar-refractivity contribution is 9.10. The summed E-state index contributed by atoms with van der Waals surface area (Å²) in [6.45, 7) is 4.56. The zero-order valence-corrected chi connectivity index (χ0v) is 19.5. The zero-order chi connectivity index (χ0) is 18.8. The summed E-state index contributed by atoms with van der Waals surface area (Å²) in [5.74, 6) is -0.316. The summed E-state index contributed by atoms with van der Waals surface area (Å²) >= 11 is 3.34. The van der Waals surface area contributed by atoms with E-state index in [1.165, 1.54) is 0 Å². The van der Waals surface area contributed by atoms with E-state index in [1.807, 2.05) is 13.8 Å². The third-order valence-electron chi connectivity index (χ3n) is 4.81. The molecule has 2 amide bonds. The number of carbonyl (C=O) groups excluding carboxylic acids is 3. The highest BCUT2D eigenvalue weighted by Crippen LogP contribution is 2.28. The number of amides is 2. The van der Waals surface area contributed by atoms with Crippen LogP contribution in [0.5, 0.6) is 0 Å². The van der Waals surface area contributed by atoms with Gasteiger partial charge in [0.1, 0.15) is 18.7 Å². The van der Waals surface area contributed by atoms with Crippen molar-refractivity contribution < 1.29 is 19.1 Å². The van der Waals surface area contributed by atoms with Gasteiger partial charge in [-0.3, -0.25) is 14.4 Å². The number of hydrogen-bond acceptors (Lipinski definition) is 4. The maximum absolute atomic E-state index is 13.1. The van der Waals surface area contributed by atoms with E-state index in [9.17, 15) is 14.4 Å². The minimum Gasteiger partial charge on any atom is -0.368 e. The molecule has 3 rings (SSSR count). The Hall–Kier alpha value is -1.03. The Balaban J connectivity index is 0.00000261. The van der Waals surface area contributed by atoms with Gasteiger partial charge in [0.15, 0.2) is 5.78 Å². The van der Waals surface area contributed by atoms with Crippen LogP contribution in [0, 0.1) is 5.92 Å².